The summed E-state index contributed by atoms with van der Waals surface area (Å²) in [6.07, 6.45) is -10.1. The molecule has 0 spiro atoms. The fourth-order valence-electron chi connectivity index (χ4n) is 3.15. The van der Waals surface area contributed by atoms with Crippen LogP contribution in [-0.2, 0) is 31.9 Å². The van der Waals surface area contributed by atoms with Crippen molar-refractivity contribution in [1.29, 1.82) is 0 Å². The van der Waals surface area contributed by atoms with E-state index >= 15 is 0 Å². The fraction of sp³-hybridized carbons (Fsp3) is 0.350. The highest BCUT2D eigenvalue weighted by Gasteiger charge is 2.37. The van der Waals surface area contributed by atoms with Gasteiger partial charge >= 0.3 is 12.4 Å². The quantitative estimate of drug-likeness (QED) is 0.524. The summed E-state index contributed by atoms with van der Waals surface area (Å²) in [4.78, 5) is 12.0. The van der Waals surface area contributed by atoms with Crippen molar-refractivity contribution >= 4 is 38.9 Å². The van der Waals surface area contributed by atoms with Crippen molar-refractivity contribution in [2.45, 2.75) is 17.2 Å². The summed E-state index contributed by atoms with van der Waals surface area (Å²) in [6.45, 7) is -0.0893. The Morgan fingerprint density at radius 3 is 2.06 bits per heavy atom. The van der Waals surface area contributed by atoms with Crippen LogP contribution in [0.25, 0.3) is 0 Å². The molecule has 1 aliphatic rings. The average Bonchev–Trinajstić information content (AvgIpc) is 2.78. The molecule has 0 bridgehead atoms. The molecular weight excluding hydrogens is 528 g/mol. The van der Waals surface area contributed by atoms with Crippen molar-refractivity contribution in [3.63, 3.8) is 0 Å². The molecule has 0 aromatic heterocycles. The molecule has 1 amide bonds. The van der Waals surface area contributed by atoms with E-state index in [0.29, 0.717) is 12.1 Å². The Morgan fingerprint density at radius 1 is 0.943 bits per heavy atom. The number of hydrogen-bond acceptors (Lipinski definition) is 5. The number of anilines is 2. The van der Waals surface area contributed by atoms with Crippen molar-refractivity contribution in [2.24, 2.45) is 0 Å². The van der Waals surface area contributed by atoms with E-state index in [1.165, 1.54) is 12.1 Å². The normalized spacial score (nSPS) is 15.6. The second-order valence-electron chi connectivity index (χ2n) is 7.36. The highest BCUT2D eigenvalue weighted by molar-refractivity contribution is 7.89. The maximum absolute atomic E-state index is 13.0. The number of halogens is 7. The Morgan fingerprint density at radius 2 is 1.51 bits per heavy atom. The minimum absolute atomic E-state index is 0.00746. The van der Waals surface area contributed by atoms with Gasteiger partial charge in [0.25, 0.3) is 0 Å². The summed E-state index contributed by atoms with van der Waals surface area (Å²) < 4.78 is 110. The van der Waals surface area contributed by atoms with E-state index in [4.69, 9.17) is 16.3 Å². The number of amides is 1. The molecule has 192 valence electrons. The topological polar surface area (TPSA) is 87.7 Å². The number of rotatable bonds is 6. The van der Waals surface area contributed by atoms with Gasteiger partial charge in [0, 0.05) is 24.5 Å². The number of ether oxygens (including phenoxy) is 1. The van der Waals surface area contributed by atoms with Gasteiger partial charge in [-0.2, -0.15) is 30.6 Å². The van der Waals surface area contributed by atoms with E-state index in [1.54, 1.807) is 0 Å². The third-order valence-electron chi connectivity index (χ3n) is 4.84. The SMILES string of the molecule is O=C(CNc1cc(C(F)(F)F)cc(C(F)(F)F)c1)Nc1ccc(Cl)c(S(=O)(=O)N2CCOCC2)c1. The highest BCUT2D eigenvalue weighted by atomic mass is 35.5. The molecule has 0 radical (unpaired) electrons. The number of carbonyl (C=O) groups is 1. The van der Waals surface area contributed by atoms with Crippen molar-refractivity contribution in [1.82, 2.24) is 4.31 Å². The minimum atomic E-state index is -5.04. The summed E-state index contributed by atoms with van der Waals surface area (Å²) in [5, 5.41) is 4.45. The predicted octanol–water partition coefficient (Wildman–Crippen LogP) is 4.45. The molecule has 15 heteroatoms. The molecule has 7 nitrogen and oxygen atoms in total. The van der Waals surface area contributed by atoms with Crippen LogP contribution in [-0.4, -0.2) is 51.5 Å². The molecule has 2 aromatic rings. The van der Waals surface area contributed by atoms with Gasteiger partial charge in [-0.25, -0.2) is 8.42 Å². The van der Waals surface area contributed by atoms with Crippen LogP contribution in [0.1, 0.15) is 11.1 Å². The molecule has 35 heavy (non-hydrogen) atoms. The largest absolute Gasteiger partial charge is 0.416 e. The van der Waals surface area contributed by atoms with Crippen LogP contribution in [0.2, 0.25) is 5.02 Å². The third kappa shape index (κ3) is 6.78. The molecule has 2 aromatic carbocycles. The van der Waals surface area contributed by atoms with Crippen molar-refractivity contribution in [3.05, 3.63) is 52.5 Å². The molecular formula is C20H18ClF6N3O4S. The summed E-state index contributed by atoms with van der Waals surface area (Å²) in [5.74, 6) is -0.854. The molecule has 0 unspecified atom stereocenters. The minimum Gasteiger partial charge on any atom is -0.379 e. The van der Waals surface area contributed by atoms with Gasteiger partial charge in [0.1, 0.15) is 4.90 Å². The van der Waals surface area contributed by atoms with Crippen LogP contribution in [0.5, 0.6) is 0 Å². The van der Waals surface area contributed by atoms with Crippen molar-refractivity contribution < 1.29 is 44.3 Å². The van der Waals surface area contributed by atoms with Gasteiger partial charge in [-0.05, 0) is 36.4 Å². The first kappa shape index (κ1) is 27.0. The standard InChI is InChI=1S/C20H18ClF6N3O4S/c21-16-2-1-14(10-17(16)35(32,33)30-3-5-34-6-4-30)29-18(31)11-28-15-8-12(19(22,23)24)7-13(9-15)20(25,26)27/h1-2,7-10,28H,3-6,11H2,(H,29,31). The second kappa shape index (κ2) is 10.2. The third-order valence-corrected chi connectivity index (χ3v) is 7.22. The number of nitrogens with zero attached hydrogens (tertiary/aromatic N) is 1. The molecule has 0 saturated carbocycles. The Bertz CT molecular complexity index is 1170. The summed E-state index contributed by atoms with van der Waals surface area (Å²) in [7, 11) is -4.00. The molecule has 1 heterocycles. The smallest absolute Gasteiger partial charge is 0.379 e. The van der Waals surface area contributed by atoms with E-state index in [1.807, 2.05) is 0 Å². The number of sulfonamides is 1. The lowest BCUT2D eigenvalue weighted by Gasteiger charge is -2.26. The van der Waals surface area contributed by atoms with Gasteiger partial charge in [0.2, 0.25) is 15.9 Å². The molecule has 0 aliphatic carbocycles. The highest BCUT2D eigenvalue weighted by Crippen LogP contribution is 2.37. The summed E-state index contributed by atoms with van der Waals surface area (Å²) in [6, 6.07) is 4.49. The van der Waals surface area contributed by atoms with Gasteiger partial charge in [0.05, 0.1) is 35.9 Å². The van der Waals surface area contributed by atoms with Crippen LogP contribution < -0.4 is 10.6 Å². The summed E-state index contributed by atoms with van der Waals surface area (Å²) >= 11 is 6.04. The van der Waals surface area contributed by atoms with Crippen LogP contribution in [0, 0.1) is 0 Å². The van der Waals surface area contributed by atoms with Crippen molar-refractivity contribution in [2.75, 3.05) is 43.5 Å². The fourth-order valence-corrected chi connectivity index (χ4v) is 5.06. The Balaban J connectivity index is 1.74. The van der Waals surface area contributed by atoms with Gasteiger partial charge in [0.15, 0.2) is 0 Å². The van der Waals surface area contributed by atoms with Gasteiger partial charge in [-0.3, -0.25) is 4.79 Å². The van der Waals surface area contributed by atoms with Crippen LogP contribution >= 0.6 is 11.6 Å². The van der Waals surface area contributed by atoms with Crippen LogP contribution in [0.4, 0.5) is 37.7 Å². The van der Waals surface area contributed by atoms with E-state index in [9.17, 15) is 39.6 Å². The lowest BCUT2D eigenvalue weighted by atomic mass is 10.1. The Kier molecular flexibility index (Phi) is 7.89. The van der Waals surface area contributed by atoms with E-state index < -0.39 is 51.6 Å². The molecule has 2 N–H and O–H groups in total. The lowest BCUT2D eigenvalue weighted by Crippen LogP contribution is -2.40. The first-order valence-corrected chi connectivity index (χ1v) is 11.7. The molecule has 1 aliphatic heterocycles. The number of nitrogens with one attached hydrogen (secondary N) is 2. The van der Waals surface area contributed by atoms with E-state index in [0.717, 1.165) is 10.4 Å². The first-order chi connectivity index (χ1) is 16.2. The Labute approximate surface area is 201 Å². The zero-order valence-corrected chi connectivity index (χ0v) is 19.2. The zero-order valence-electron chi connectivity index (χ0n) is 17.6. The van der Waals surface area contributed by atoms with E-state index in [2.05, 4.69) is 10.6 Å². The van der Waals surface area contributed by atoms with Gasteiger partial charge in [-0.1, -0.05) is 11.6 Å². The molecule has 1 saturated heterocycles. The number of alkyl halides is 6. The zero-order chi connectivity index (χ0) is 26.0. The van der Waals surface area contributed by atoms with E-state index in [-0.39, 0.29) is 48.0 Å². The number of carbonyl (C=O) groups excluding carboxylic acids is 1. The first-order valence-electron chi connectivity index (χ1n) is 9.88. The maximum Gasteiger partial charge on any atom is 0.416 e. The predicted molar refractivity (Wildman–Crippen MR) is 115 cm³/mol. The average molecular weight is 546 g/mol. The molecule has 0 atom stereocenters. The Hall–Kier alpha value is -2.55. The van der Waals surface area contributed by atoms with Gasteiger partial charge in [-0.15, -0.1) is 0 Å². The number of morpholine rings is 1. The lowest BCUT2D eigenvalue weighted by molar-refractivity contribution is -0.143. The van der Waals surface area contributed by atoms with Crippen LogP contribution in [0.3, 0.4) is 0 Å². The molecule has 1 fully saturated rings. The van der Waals surface area contributed by atoms with Crippen LogP contribution in [0.15, 0.2) is 41.3 Å². The number of hydrogen-bond donors (Lipinski definition) is 2. The number of benzene rings is 2. The second-order valence-corrected chi connectivity index (χ2v) is 9.67. The van der Waals surface area contributed by atoms with Crippen molar-refractivity contribution in [3.8, 4) is 0 Å². The monoisotopic (exact) mass is 545 g/mol. The summed E-state index contributed by atoms with van der Waals surface area (Å²) in [5.41, 5.74) is -3.64. The maximum atomic E-state index is 13.0. The molecule has 3 rings (SSSR count). The van der Waals surface area contributed by atoms with Gasteiger partial charge < -0.3 is 15.4 Å².